The molecule has 6 nitrogen and oxygen atoms in total. The van der Waals surface area contributed by atoms with Crippen LogP contribution in [0.15, 0.2) is 23.8 Å². The lowest BCUT2D eigenvalue weighted by atomic mass is 9.96. The lowest BCUT2D eigenvalue weighted by Crippen LogP contribution is -2.13. The molecular weight excluding hydrogens is 386 g/mol. The maximum absolute atomic E-state index is 12.7. The minimum absolute atomic E-state index is 0.0483. The molecule has 0 saturated carbocycles. The number of fused-ring (bicyclic) bond motifs is 1. The van der Waals surface area contributed by atoms with Gasteiger partial charge in [0, 0.05) is 4.88 Å². The van der Waals surface area contributed by atoms with Gasteiger partial charge in [-0.05, 0) is 61.9 Å². The molecule has 1 aromatic heterocycles. The van der Waals surface area contributed by atoms with Crippen molar-refractivity contribution in [2.75, 3.05) is 19.0 Å². The minimum atomic E-state index is -0.531. The quantitative estimate of drug-likeness (QED) is 0.564. The molecule has 0 saturated heterocycles. The fraction of sp³-hybridized carbons (Fsp3) is 0.318. The van der Waals surface area contributed by atoms with Gasteiger partial charge >= 0.3 is 0 Å². The van der Waals surface area contributed by atoms with Crippen LogP contribution in [0.4, 0.5) is 5.00 Å². The van der Waals surface area contributed by atoms with Gasteiger partial charge in [0.25, 0.3) is 5.91 Å². The van der Waals surface area contributed by atoms with E-state index in [-0.39, 0.29) is 5.57 Å². The summed E-state index contributed by atoms with van der Waals surface area (Å²) in [6, 6.07) is 9.35. The summed E-state index contributed by atoms with van der Waals surface area (Å²) in [6.07, 6.45) is 5.43. The van der Waals surface area contributed by atoms with Crippen LogP contribution in [-0.2, 0) is 17.6 Å². The monoisotopic (exact) mass is 407 g/mol. The van der Waals surface area contributed by atoms with Crippen molar-refractivity contribution in [2.24, 2.45) is 0 Å². The van der Waals surface area contributed by atoms with Gasteiger partial charge < -0.3 is 14.8 Å². The van der Waals surface area contributed by atoms with Gasteiger partial charge in [-0.3, -0.25) is 4.79 Å². The van der Waals surface area contributed by atoms with E-state index in [4.69, 9.17) is 9.47 Å². The van der Waals surface area contributed by atoms with Crippen molar-refractivity contribution < 1.29 is 14.3 Å². The third-order valence-electron chi connectivity index (χ3n) is 4.67. The predicted molar refractivity (Wildman–Crippen MR) is 112 cm³/mol. The number of carbonyl (C=O) groups excluding carboxylic acids is 1. The summed E-state index contributed by atoms with van der Waals surface area (Å²) in [6.45, 7) is 2.33. The van der Waals surface area contributed by atoms with Crippen molar-refractivity contribution in [2.45, 2.75) is 32.6 Å². The number of rotatable bonds is 6. The fourth-order valence-corrected chi connectivity index (χ4v) is 4.54. The third-order valence-corrected chi connectivity index (χ3v) is 5.88. The molecule has 1 heterocycles. The van der Waals surface area contributed by atoms with Crippen LogP contribution in [0.3, 0.4) is 0 Å². The number of hydrogen-bond donors (Lipinski definition) is 1. The summed E-state index contributed by atoms with van der Waals surface area (Å²) in [5.41, 5.74) is 2.16. The van der Waals surface area contributed by atoms with Crippen LogP contribution >= 0.6 is 11.3 Å². The molecule has 29 heavy (non-hydrogen) atoms. The van der Waals surface area contributed by atoms with Crippen LogP contribution < -0.4 is 14.8 Å². The van der Waals surface area contributed by atoms with E-state index < -0.39 is 5.91 Å². The Hall–Kier alpha value is -3.29. The summed E-state index contributed by atoms with van der Waals surface area (Å²) >= 11 is 1.44. The Morgan fingerprint density at radius 1 is 1.28 bits per heavy atom. The van der Waals surface area contributed by atoms with Crippen molar-refractivity contribution in [3.8, 4) is 23.6 Å². The van der Waals surface area contributed by atoms with Gasteiger partial charge in [-0.2, -0.15) is 10.5 Å². The van der Waals surface area contributed by atoms with Crippen LogP contribution in [0.5, 0.6) is 11.5 Å². The summed E-state index contributed by atoms with van der Waals surface area (Å²) in [5, 5.41) is 22.3. The third kappa shape index (κ3) is 4.42. The summed E-state index contributed by atoms with van der Waals surface area (Å²) in [4.78, 5) is 13.9. The Kier molecular flexibility index (Phi) is 6.54. The highest BCUT2D eigenvalue weighted by Crippen LogP contribution is 2.38. The number of ether oxygens (including phenoxy) is 2. The SMILES string of the molecule is CCOc1cc(/C=C(\C#N)C(=O)Nc2sc3c(c2C#N)CCCC3)ccc1OC. The molecule has 148 valence electrons. The molecule has 1 aliphatic rings. The smallest absolute Gasteiger partial charge is 0.266 e. The number of benzene rings is 1. The molecule has 0 aliphatic heterocycles. The second-order valence-electron chi connectivity index (χ2n) is 6.49. The summed E-state index contributed by atoms with van der Waals surface area (Å²) in [7, 11) is 1.55. The van der Waals surface area contributed by atoms with Gasteiger partial charge in [0.05, 0.1) is 19.3 Å². The highest BCUT2D eigenvalue weighted by Gasteiger charge is 2.22. The first kappa shape index (κ1) is 20.4. The largest absolute Gasteiger partial charge is 0.493 e. The topological polar surface area (TPSA) is 95.1 Å². The molecule has 7 heteroatoms. The van der Waals surface area contributed by atoms with Crippen LogP contribution in [0.25, 0.3) is 6.08 Å². The molecule has 1 N–H and O–H groups in total. The van der Waals surface area contributed by atoms with Crippen molar-refractivity contribution >= 4 is 28.3 Å². The number of amides is 1. The van der Waals surface area contributed by atoms with Crippen molar-refractivity contribution in [1.82, 2.24) is 0 Å². The highest BCUT2D eigenvalue weighted by molar-refractivity contribution is 7.16. The predicted octanol–water partition coefficient (Wildman–Crippen LogP) is 4.45. The summed E-state index contributed by atoms with van der Waals surface area (Å²) in [5.74, 6) is 0.588. The van der Waals surface area contributed by atoms with E-state index in [2.05, 4.69) is 11.4 Å². The maximum atomic E-state index is 12.7. The molecule has 0 radical (unpaired) electrons. The first-order valence-electron chi connectivity index (χ1n) is 9.39. The number of carbonyl (C=O) groups is 1. The average molecular weight is 407 g/mol. The van der Waals surface area contributed by atoms with E-state index in [1.807, 2.05) is 13.0 Å². The number of anilines is 1. The first-order chi connectivity index (χ1) is 14.1. The molecule has 2 aromatic rings. The van der Waals surface area contributed by atoms with Gasteiger partial charge in [-0.15, -0.1) is 11.3 Å². The molecule has 0 unspecified atom stereocenters. The number of aryl methyl sites for hydroxylation is 1. The number of hydrogen-bond acceptors (Lipinski definition) is 6. The van der Waals surface area contributed by atoms with E-state index in [9.17, 15) is 15.3 Å². The Balaban J connectivity index is 1.87. The number of nitrogens with zero attached hydrogens (tertiary/aromatic N) is 2. The van der Waals surface area contributed by atoms with Gasteiger partial charge in [0.1, 0.15) is 22.7 Å². The zero-order chi connectivity index (χ0) is 20.8. The number of nitrogens with one attached hydrogen (secondary N) is 1. The van der Waals surface area contributed by atoms with Crippen molar-refractivity contribution in [3.63, 3.8) is 0 Å². The van der Waals surface area contributed by atoms with E-state index in [1.165, 1.54) is 17.4 Å². The zero-order valence-electron chi connectivity index (χ0n) is 16.4. The van der Waals surface area contributed by atoms with Crippen LogP contribution in [0.1, 0.15) is 41.3 Å². The van der Waals surface area contributed by atoms with Gasteiger partial charge in [-0.25, -0.2) is 0 Å². The molecule has 1 aromatic carbocycles. The van der Waals surface area contributed by atoms with Crippen LogP contribution in [0.2, 0.25) is 0 Å². The number of thiophene rings is 1. The lowest BCUT2D eigenvalue weighted by Gasteiger charge is -2.10. The van der Waals surface area contributed by atoms with Crippen LogP contribution in [-0.4, -0.2) is 19.6 Å². The highest BCUT2D eigenvalue weighted by atomic mass is 32.1. The second kappa shape index (κ2) is 9.27. The molecule has 0 spiro atoms. The van der Waals surface area contributed by atoms with Crippen molar-refractivity contribution in [1.29, 1.82) is 10.5 Å². The van der Waals surface area contributed by atoms with E-state index in [0.717, 1.165) is 36.1 Å². The minimum Gasteiger partial charge on any atom is -0.493 e. The standard InChI is InChI=1S/C22H21N3O3S/c1-3-28-19-11-14(8-9-18(19)27-2)10-15(12-23)21(26)25-22-17(13-24)16-6-4-5-7-20(16)29-22/h8-11H,3-7H2,1-2H3,(H,25,26)/b15-10+. The van der Waals surface area contributed by atoms with E-state index >= 15 is 0 Å². The molecular formula is C22H21N3O3S. The fourth-order valence-electron chi connectivity index (χ4n) is 3.31. The first-order valence-corrected chi connectivity index (χ1v) is 10.2. The Morgan fingerprint density at radius 3 is 2.76 bits per heavy atom. The summed E-state index contributed by atoms with van der Waals surface area (Å²) < 4.78 is 10.8. The molecule has 0 bridgehead atoms. The average Bonchev–Trinajstić information content (AvgIpc) is 3.09. The Labute approximate surface area is 174 Å². The number of nitriles is 2. The lowest BCUT2D eigenvalue weighted by molar-refractivity contribution is -0.112. The van der Waals surface area contributed by atoms with Gasteiger partial charge in [0.2, 0.25) is 0 Å². The zero-order valence-corrected chi connectivity index (χ0v) is 17.2. The van der Waals surface area contributed by atoms with Crippen molar-refractivity contribution in [3.05, 3.63) is 45.3 Å². The molecule has 1 aliphatic carbocycles. The number of methoxy groups -OCH3 is 1. The molecule has 0 atom stereocenters. The molecule has 3 rings (SSSR count). The van der Waals surface area contributed by atoms with Crippen LogP contribution in [0, 0.1) is 22.7 Å². The maximum Gasteiger partial charge on any atom is 0.266 e. The second-order valence-corrected chi connectivity index (χ2v) is 7.60. The van der Waals surface area contributed by atoms with E-state index in [1.54, 1.807) is 25.3 Å². The molecule has 1 amide bonds. The van der Waals surface area contributed by atoms with Gasteiger partial charge in [0.15, 0.2) is 11.5 Å². The Morgan fingerprint density at radius 2 is 2.07 bits per heavy atom. The van der Waals surface area contributed by atoms with E-state index in [0.29, 0.717) is 34.2 Å². The normalized spacial score (nSPS) is 13.0. The Bertz CT molecular complexity index is 1040. The van der Waals surface area contributed by atoms with Gasteiger partial charge in [-0.1, -0.05) is 6.07 Å². The molecule has 0 fully saturated rings.